The predicted molar refractivity (Wildman–Crippen MR) is 114 cm³/mol. The van der Waals surface area contributed by atoms with Crippen LogP contribution in [0.3, 0.4) is 0 Å². The van der Waals surface area contributed by atoms with Crippen molar-refractivity contribution >= 4 is 29.4 Å². The molecule has 1 heterocycles. The third-order valence-electron chi connectivity index (χ3n) is 4.93. The van der Waals surface area contributed by atoms with E-state index in [1.54, 1.807) is 12.1 Å². The maximum atomic E-state index is 12.7. The number of nitrogens with zero attached hydrogens (tertiary/aromatic N) is 2. The monoisotopic (exact) mass is 423 g/mol. The molecule has 8 heteroatoms. The Labute approximate surface area is 180 Å². The lowest BCUT2D eigenvalue weighted by atomic mass is 9.97. The first-order valence-corrected chi connectivity index (χ1v) is 10.00. The summed E-state index contributed by atoms with van der Waals surface area (Å²) in [5.74, 6) is -1.68. The normalized spacial score (nSPS) is 14.9. The molecule has 162 valence electrons. The summed E-state index contributed by atoms with van der Waals surface area (Å²) in [5, 5.41) is 2.89. The molecule has 0 unspecified atom stereocenters. The van der Waals surface area contributed by atoms with Crippen LogP contribution < -0.4 is 15.0 Å². The maximum Gasteiger partial charge on any atom is 0.339 e. The second-order valence-corrected chi connectivity index (χ2v) is 7.67. The molecule has 0 aliphatic carbocycles. The van der Waals surface area contributed by atoms with Crippen LogP contribution in [-0.4, -0.2) is 42.3 Å². The third kappa shape index (κ3) is 4.91. The van der Waals surface area contributed by atoms with Crippen molar-refractivity contribution < 1.29 is 23.9 Å². The third-order valence-corrected chi connectivity index (χ3v) is 4.93. The van der Waals surface area contributed by atoms with E-state index >= 15 is 0 Å². The van der Waals surface area contributed by atoms with Crippen LogP contribution in [0.25, 0.3) is 0 Å². The average Bonchev–Trinajstić information content (AvgIpc) is 2.97. The highest BCUT2D eigenvalue weighted by Crippen LogP contribution is 2.25. The number of nitrogens with one attached hydrogen (secondary N) is 1. The summed E-state index contributed by atoms with van der Waals surface area (Å²) in [6.45, 7) is 3.56. The van der Waals surface area contributed by atoms with Crippen molar-refractivity contribution in [2.45, 2.75) is 26.3 Å². The Balaban J connectivity index is 1.73. The number of hydrogen-bond donors (Lipinski definition) is 1. The van der Waals surface area contributed by atoms with Crippen LogP contribution in [0.5, 0.6) is 5.75 Å². The minimum Gasteiger partial charge on any atom is -0.497 e. The van der Waals surface area contributed by atoms with Crippen LogP contribution in [0, 0.1) is 5.92 Å². The molecular formula is C23H25N3O5. The molecule has 8 nitrogen and oxygen atoms in total. The minimum atomic E-state index is -1.03. The summed E-state index contributed by atoms with van der Waals surface area (Å²) >= 11 is 0. The molecule has 2 aromatic rings. The number of rotatable bonds is 8. The Hall–Kier alpha value is -3.68. The molecule has 3 rings (SSSR count). The van der Waals surface area contributed by atoms with E-state index in [2.05, 4.69) is 5.32 Å². The molecule has 0 aromatic heterocycles. The van der Waals surface area contributed by atoms with Gasteiger partial charge in [0.1, 0.15) is 12.3 Å². The molecule has 1 fully saturated rings. The van der Waals surface area contributed by atoms with Crippen LogP contribution in [0.15, 0.2) is 54.6 Å². The van der Waals surface area contributed by atoms with Gasteiger partial charge >= 0.3 is 17.8 Å². The summed E-state index contributed by atoms with van der Waals surface area (Å²) in [6, 6.07) is 14.5. The lowest BCUT2D eigenvalue weighted by Gasteiger charge is -2.22. The summed E-state index contributed by atoms with van der Waals surface area (Å²) in [6.07, 6.45) is 0.689. The van der Waals surface area contributed by atoms with E-state index in [1.165, 1.54) is 19.2 Å². The number of anilines is 1. The van der Waals surface area contributed by atoms with E-state index in [0.717, 1.165) is 10.5 Å². The van der Waals surface area contributed by atoms with Gasteiger partial charge in [-0.15, -0.1) is 0 Å². The van der Waals surface area contributed by atoms with E-state index in [0.29, 0.717) is 23.0 Å². The Kier molecular flexibility index (Phi) is 6.69. The van der Waals surface area contributed by atoms with Gasteiger partial charge in [-0.05, 0) is 42.2 Å². The minimum absolute atomic E-state index is 0.231. The highest BCUT2D eigenvalue weighted by Gasteiger charge is 2.46. The number of imide groups is 2. The molecule has 1 N–H and O–H groups in total. The van der Waals surface area contributed by atoms with Gasteiger partial charge in [0.25, 0.3) is 0 Å². The Morgan fingerprint density at radius 2 is 1.61 bits per heavy atom. The zero-order valence-corrected chi connectivity index (χ0v) is 17.7. The maximum absolute atomic E-state index is 12.7. The van der Waals surface area contributed by atoms with Crippen LogP contribution >= 0.6 is 0 Å². The van der Waals surface area contributed by atoms with Gasteiger partial charge in [0.15, 0.2) is 0 Å². The fraction of sp³-hybridized carbons (Fsp3) is 0.304. The van der Waals surface area contributed by atoms with E-state index in [4.69, 9.17) is 4.74 Å². The average molecular weight is 423 g/mol. The Morgan fingerprint density at radius 1 is 0.968 bits per heavy atom. The molecule has 2 aromatic carbocycles. The first-order valence-electron chi connectivity index (χ1n) is 10.00. The van der Waals surface area contributed by atoms with Gasteiger partial charge in [-0.3, -0.25) is 14.4 Å². The highest BCUT2D eigenvalue weighted by molar-refractivity contribution is 6.53. The summed E-state index contributed by atoms with van der Waals surface area (Å²) in [5.41, 5.74) is 1.16. The number of carbonyl (C=O) groups is 4. The van der Waals surface area contributed by atoms with Gasteiger partial charge in [-0.1, -0.05) is 44.2 Å². The molecule has 0 spiro atoms. The molecule has 0 radical (unpaired) electrons. The van der Waals surface area contributed by atoms with E-state index in [-0.39, 0.29) is 11.7 Å². The van der Waals surface area contributed by atoms with Crippen molar-refractivity contribution in [2.24, 2.45) is 5.92 Å². The number of amides is 5. The lowest BCUT2D eigenvalue weighted by molar-refractivity contribution is -0.140. The van der Waals surface area contributed by atoms with E-state index < -0.39 is 30.3 Å². The molecule has 1 aliphatic rings. The number of carbonyl (C=O) groups excluding carboxylic acids is 4. The lowest BCUT2D eigenvalue weighted by Crippen LogP contribution is -2.42. The first kappa shape index (κ1) is 22.0. The van der Waals surface area contributed by atoms with Crippen LogP contribution in [-0.2, 0) is 14.4 Å². The zero-order valence-electron chi connectivity index (χ0n) is 17.7. The van der Waals surface area contributed by atoms with Gasteiger partial charge in [0, 0.05) is 0 Å². The fourth-order valence-electron chi connectivity index (χ4n) is 3.42. The quantitative estimate of drug-likeness (QED) is 0.520. The van der Waals surface area contributed by atoms with E-state index in [9.17, 15) is 19.2 Å². The van der Waals surface area contributed by atoms with Gasteiger partial charge in [-0.25, -0.2) is 14.6 Å². The molecule has 0 bridgehead atoms. The summed E-state index contributed by atoms with van der Waals surface area (Å²) in [7, 11) is 1.49. The van der Waals surface area contributed by atoms with Crippen molar-refractivity contribution in [2.75, 3.05) is 18.6 Å². The van der Waals surface area contributed by atoms with Crippen molar-refractivity contribution in [3.63, 3.8) is 0 Å². The highest BCUT2D eigenvalue weighted by atomic mass is 16.5. The standard InChI is InChI=1S/C23H25N3O5/c1-15(2)13-19(16-7-5-4-6-8-16)24-20(27)14-25-21(28)22(29)26(23(25)30)17-9-11-18(31-3)12-10-17/h4-12,15,19H,13-14H2,1-3H3,(H,24,27)/t19-/m0/s1. The largest absolute Gasteiger partial charge is 0.497 e. The van der Waals surface area contributed by atoms with Crippen molar-refractivity contribution in [1.82, 2.24) is 10.2 Å². The number of benzene rings is 2. The van der Waals surface area contributed by atoms with E-state index in [1.807, 2.05) is 44.2 Å². The Morgan fingerprint density at radius 3 is 2.19 bits per heavy atom. The van der Waals surface area contributed by atoms with Crippen LogP contribution in [0.2, 0.25) is 0 Å². The zero-order chi connectivity index (χ0) is 22.5. The predicted octanol–water partition coefficient (Wildman–Crippen LogP) is 2.89. The smallest absolute Gasteiger partial charge is 0.339 e. The van der Waals surface area contributed by atoms with Gasteiger partial charge < -0.3 is 10.1 Å². The number of ether oxygens (including phenoxy) is 1. The fourth-order valence-corrected chi connectivity index (χ4v) is 3.42. The Bertz CT molecular complexity index is 972. The van der Waals surface area contributed by atoms with Crippen LogP contribution in [0.1, 0.15) is 31.9 Å². The molecule has 0 saturated carbocycles. The molecule has 1 aliphatic heterocycles. The van der Waals surface area contributed by atoms with Crippen molar-refractivity contribution in [3.05, 3.63) is 60.2 Å². The van der Waals surface area contributed by atoms with Gasteiger partial charge in [0.05, 0.1) is 18.8 Å². The number of methoxy groups -OCH3 is 1. The van der Waals surface area contributed by atoms with Crippen molar-refractivity contribution in [3.8, 4) is 5.75 Å². The first-order chi connectivity index (χ1) is 14.8. The summed E-state index contributed by atoms with van der Waals surface area (Å²) in [4.78, 5) is 51.7. The number of hydrogen-bond acceptors (Lipinski definition) is 5. The molecule has 1 saturated heterocycles. The van der Waals surface area contributed by atoms with Crippen molar-refractivity contribution in [1.29, 1.82) is 0 Å². The second-order valence-electron chi connectivity index (χ2n) is 7.67. The van der Waals surface area contributed by atoms with Gasteiger partial charge in [0.2, 0.25) is 5.91 Å². The number of urea groups is 1. The second kappa shape index (κ2) is 9.42. The summed E-state index contributed by atoms with van der Waals surface area (Å²) < 4.78 is 5.06. The molecular weight excluding hydrogens is 398 g/mol. The SMILES string of the molecule is COc1ccc(N2C(=O)C(=O)N(CC(=O)N[C@@H](CC(C)C)c3ccccc3)C2=O)cc1. The molecule has 5 amide bonds. The van der Waals surface area contributed by atoms with Crippen LogP contribution in [0.4, 0.5) is 10.5 Å². The molecule has 1 atom stereocenters. The van der Waals surface area contributed by atoms with Gasteiger partial charge in [-0.2, -0.15) is 0 Å². The molecule has 31 heavy (non-hydrogen) atoms. The topological polar surface area (TPSA) is 96.0 Å².